The third-order valence-electron chi connectivity index (χ3n) is 5.09. The summed E-state index contributed by atoms with van der Waals surface area (Å²) in [7, 11) is 1.34. The fourth-order valence-electron chi connectivity index (χ4n) is 3.60. The number of amides is 1. The molecule has 9 heteroatoms. The molecule has 1 aliphatic rings. The molecule has 0 spiro atoms. The molecule has 0 bridgehead atoms. The number of carbonyl (C=O) groups excluding carboxylic acids is 1. The van der Waals surface area contributed by atoms with Gasteiger partial charge in [-0.05, 0) is 36.2 Å². The molecule has 162 valence electrons. The first kappa shape index (κ1) is 22.2. The number of rotatable bonds is 7. The Kier molecular flexibility index (Phi) is 6.77. The maximum atomic E-state index is 13.4. The summed E-state index contributed by atoms with van der Waals surface area (Å²) in [6, 6.07) is 9.78. The Morgan fingerprint density at radius 2 is 1.73 bits per heavy atom. The van der Waals surface area contributed by atoms with E-state index in [4.69, 9.17) is 25.8 Å². The zero-order valence-corrected chi connectivity index (χ0v) is 18.6. The Balaban J connectivity index is 2.01. The summed E-state index contributed by atoms with van der Waals surface area (Å²) in [5, 5.41) is 0.318. The van der Waals surface area contributed by atoms with E-state index in [1.807, 2.05) is 0 Å². The first-order valence-electron chi connectivity index (χ1n) is 9.34. The predicted octanol–water partition coefficient (Wildman–Crippen LogP) is 3.20. The number of carbonyl (C=O) groups is 1. The van der Waals surface area contributed by atoms with Crippen molar-refractivity contribution in [3.63, 3.8) is 0 Å². The normalized spacial score (nSPS) is 17.4. The number of methoxy groups -OCH3 is 3. The maximum absolute atomic E-state index is 13.4. The van der Waals surface area contributed by atoms with Gasteiger partial charge in [-0.3, -0.25) is 4.79 Å². The summed E-state index contributed by atoms with van der Waals surface area (Å²) in [6.45, 7) is 0.168. The van der Waals surface area contributed by atoms with Gasteiger partial charge in [0.05, 0.1) is 43.4 Å². The maximum Gasteiger partial charge on any atom is 0.255 e. The molecule has 30 heavy (non-hydrogen) atoms. The van der Waals surface area contributed by atoms with Crippen LogP contribution < -0.4 is 14.2 Å². The molecule has 1 amide bonds. The molecular weight excluding hydrogens is 430 g/mol. The zero-order chi connectivity index (χ0) is 21.9. The third kappa shape index (κ3) is 4.65. The van der Waals surface area contributed by atoms with E-state index >= 15 is 0 Å². The molecule has 1 saturated heterocycles. The predicted molar refractivity (Wildman–Crippen MR) is 114 cm³/mol. The van der Waals surface area contributed by atoms with E-state index in [-0.39, 0.29) is 24.0 Å². The molecule has 0 aliphatic carbocycles. The standard InChI is InChI=1S/C21H24ClNO6S/c1-27-18-10-14(11-19(28-2)20(18)29-3)12-23(15-8-9-30(25,26)13-15)21(24)16-6-4-5-7-17(16)22/h4-7,10-11,15H,8-9,12-13H2,1-3H3/t15-/m0/s1. The highest BCUT2D eigenvalue weighted by atomic mass is 35.5. The summed E-state index contributed by atoms with van der Waals surface area (Å²) < 4.78 is 40.3. The highest BCUT2D eigenvalue weighted by Gasteiger charge is 2.35. The summed E-state index contributed by atoms with van der Waals surface area (Å²) in [6.07, 6.45) is 0.378. The van der Waals surface area contributed by atoms with Gasteiger partial charge in [-0.2, -0.15) is 0 Å². The van der Waals surface area contributed by atoms with Crippen molar-refractivity contribution in [2.24, 2.45) is 0 Å². The molecule has 0 unspecified atom stereocenters. The lowest BCUT2D eigenvalue weighted by atomic mass is 10.1. The molecule has 1 heterocycles. The number of ether oxygens (including phenoxy) is 3. The Morgan fingerprint density at radius 1 is 1.10 bits per heavy atom. The van der Waals surface area contributed by atoms with Crippen LogP contribution in [0.15, 0.2) is 36.4 Å². The highest BCUT2D eigenvalue weighted by Crippen LogP contribution is 2.39. The van der Waals surface area contributed by atoms with Crippen LogP contribution in [0.1, 0.15) is 22.3 Å². The van der Waals surface area contributed by atoms with Crippen LogP contribution in [0.25, 0.3) is 0 Å². The van der Waals surface area contributed by atoms with Gasteiger partial charge < -0.3 is 19.1 Å². The quantitative estimate of drug-likeness (QED) is 0.640. The van der Waals surface area contributed by atoms with Gasteiger partial charge in [0.2, 0.25) is 5.75 Å². The van der Waals surface area contributed by atoms with Crippen molar-refractivity contribution in [2.75, 3.05) is 32.8 Å². The molecule has 0 saturated carbocycles. The summed E-state index contributed by atoms with van der Waals surface area (Å²) in [5.41, 5.74) is 1.05. The number of benzene rings is 2. The minimum absolute atomic E-state index is 0.0548. The second-order valence-electron chi connectivity index (χ2n) is 7.00. The van der Waals surface area contributed by atoms with Crippen LogP contribution in [0.3, 0.4) is 0 Å². The smallest absolute Gasteiger partial charge is 0.255 e. The summed E-state index contributed by atoms with van der Waals surface area (Å²) >= 11 is 6.24. The molecular formula is C21H24ClNO6S. The van der Waals surface area contributed by atoms with Gasteiger partial charge in [0.1, 0.15) is 0 Å². The zero-order valence-electron chi connectivity index (χ0n) is 17.1. The van der Waals surface area contributed by atoms with E-state index in [9.17, 15) is 13.2 Å². The first-order chi connectivity index (χ1) is 14.3. The van der Waals surface area contributed by atoms with Crippen molar-refractivity contribution >= 4 is 27.3 Å². The van der Waals surface area contributed by atoms with E-state index in [2.05, 4.69) is 0 Å². The van der Waals surface area contributed by atoms with E-state index in [0.717, 1.165) is 0 Å². The molecule has 1 aliphatic heterocycles. The molecule has 3 rings (SSSR count). The monoisotopic (exact) mass is 453 g/mol. The van der Waals surface area contributed by atoms with Gasteiger partial charge in [-0.1, -0.05) is 23.7 Å². The highest BCUT2D eigenvalue weighted by molar-refractivity contribution is 7.91. The van der Waals surface area contributed by atoms with E-state index in [1.165, 1.54) is 21.3 Å². The molecule has 0 N–H and O–H groups in total. The third-order valence-corrected chi connectivity index (χ3v) is 7.17. The number of hydrogen-bond acceptors (Lipinski definition) is 6. The van der Waals surface area contributed by atoms with Crippen molar-refractivity contribution in [1.29, 1.82) is 0 Å². The summed E-state index contributed by atoms with van der Waals surface area (Å²) in [4.78, 5) is 14.9. The molecule has 0 radical (unpaired) electrons. The Hall–Kier alpha value is -2.45. The van der Waals surface area contributed by atoms with Crippen molar-refractivity contribution in [3.8, 4) is 17.2 Å². The van der Waals surface area contributed by atoms with Gasteiger partial charge >= 0.3 is 0 Å². The van der Waals surface area contributed by atoms with Crippen LogP contribution in [-0.2, 0) is 16.4 Å². The van der Waals surface area contributed by atoms with Crippen molar-refractivity contribution in [1.82, 2.24) is 4.90 Å². The average molecular weight is 454 g/mol. The van der Waals surface area contributed by atoms with Crippen LogP contribution in [-0.4, -0.2) is 58.1 Å². The molecule has 7 nitrogen and oxygen atoms in total. The SMILES string of the molecule is COc1cc(CN(C(=O)c2ccccc2Cl)[C@H]2CCS(=O)(=O)C2)cc(OC)c1OC. The summed E-state index contributed by atoms with van der Waals surface area (Å²) in [5.74, 6) is 1.01. The van der Waals surface area contributed by atoms with Crippen LogP contribution in [0.2, 0.25) is 5.02 Å². The Labute approximate surface area is 181 Å². The lowest BCUT2D eigenvalue weighted by Crippen LogP contribution is -2.40. The lowest BCUT2D eigenvalue weighted by molar-refractivity contribution is 0.0680. The molecule has 2 aromatic rings. The minimum atomic E-state index is -3.19. The molecule has 1 fully saturated rings. The van der Waals surface area contributed by atoms with Crippen molar-refractivity contribution in [2.45, 2.75) is 19.0 Å². The van der Waals surface area contributed by atoms with Crippen LogP contribution in [0.5, 0.6) is 17.2 Å². The topological polar surface area (TPSA) is 82.1 Å². The van der Waals surface area contributed by atoms with Gasteiger partial charge in [0, 0.05) is 12.6 Å². The number of nitrogens with zero attached hydrogens (tertiary/aromatic N) is 1. The van der Waals surface area contributed by atoms with Gasteiger partial charge in [-0.25, -0.2) is 8.42 Å². The van der Waals surface area contributed by atoms with Gasteiger partial charge in [0.25, 0.3) is 5.91 Å². The number of halogens is 1. The van der Waals surface area contributed by atoms with E-state index < -0.39 is 15.9 Å². The lowest BCUT2D eigenvalue weighted by Gasteiger charge is -2.29. The fraction of sp³-hybridized carbons (Fsp3) is 0.381. The number of sulfone groups is 1. The average Bonchev–Trinajstić information content (AvgIpc) is 3.10. The largest absolute Gasteiger partial charge is 0.493 e. The van der Waals surface area contributed by atoms with E-state index in [1.54, 1.807) is 41.3 Å². The molecule has 0 aromatic heterocycles. The van der Waals surface area contributed by atoms with Crippen LogP contribution >= 0.6 is 11.6 Å². The minimum Gasteiger partial charge on any atom is -0.493 e. The molecule has 1 atom stereocenters. The van der Waals surface area contributed by atoms with Crippen LogP contribution in [0.4, 0.5) is 0 Å². The van der Waals surface area contributed by atoms with Crippen LogP contribution in [0, 0.1) is 0 Å². The first-order valence-corrected chi connectivity index (χ1v) is 11.5. The van der Waals surface area contributed by atoms with Crippen molar-refractivity contribution in [3.05, 3.63) is 52.5 Å². The van der Waals surface area contributed by atoms with E-state index in [0.29, 0.717) is 39.8 Å². The Bertz CT molecular complexity index is 1010. The second-order valence-corrected chi connectivity index (χ2v) is 9.64. The van der Waals surface area contributed by atoms with Gasteiger partial charge in [-0.15, -0.1) is 0 Å². The fourth-order valence-corrected chi connectivity index (χ4v) is 5.55. The van der Waals surface area contributed by atoms with Gasteiger partial charge in [0.15, 0.2) is 21.3 Å². The molecule has 2 aromatic carbocycles. The van der Waals surface area contributed by atoms with Crippen molar-refractivity contribution < 1.29 is 27.4 Å². The Morgan fingerprint density at radius 3 is 2.23 bits per heavy atom. The number of hydrogen-bond donors (Lipinski definition) is 0. The second kappa shape index (κ2) is 9.14.